The van der Waals surface area contributed by atoms with Crippen molar-refractivity contribution in [1.82, 2.24) is 10.2 Å². The summed E-state index contributed by atoms with van der Waals surface area (Å²) in [7, 11) is -0.991. The highest BCUT2D eigenvalue weighted by Gasteiger charge is 2.44. The zero-order valence-corrected chi connectivity index (χ0v) is 25.9. The van der Waals surface area contributed by atoms with Gasteiger partial charge in [0, 0.05) is 12.1 Å². The maximum Gasteiger partial charge on any atom is 0.410 e. The van der Waals surface area contributed by atoms with Crippen LogP contribution in [-0.2, 0) is 18.8 Å². The van der Waals surface area contributed by atoms with Gasteiger partial charge < -0.3 is 19.6 Å². The van der Waals surface area contributed by atoms with E-state index in [1.165, 1.54) is 11.9 Å². The molecule has 0 aromatic heterocycles. The number of carboxylic acids is 1. The summed E-state index contributed by atoms with van der Waals surface area (Å²) >= 11 is 6.08. The Kier molecular flexibility index (Phi) is 11.2. The molecular formula is C27H45ClN2O6Si. The molecule has 0 saturated heterocycles. The molecule has 210 valence electrons. The number of likely N-dealkylation sites (N-methyl/N-ethyl adjacent to an activating group) is 1. The summed E-state index contributed by atoms with van der Waals surface area (Å²) in [5, 5.41) is 13.2. The molecule has 37 heavy (non-hydrogen) atoms. The first-order valence-corrected chi connectivity index (χ1v) is 15.9. The number of hydrogen-bond acceptors (Lipinski definition) is 5. The molecule has 0 aliphatic rings. The minimum Gasteiger partial charge on any atom is -0.480 e. The molecule has 0 aliphatic heterocycles. The second-order valence-electron chi connectivity index (χ2n) is 12.4. The third-order valence-corrected chi connectivity index (χ3v) is 11.1. The number of carboxylic acid groups (broad SMARTS) is 1. The summed E-state index contributed by atoms with van der Waals surface area (Å²) in [4.78, 5) is 40.1. The Morgan fingerprint density at radius 1 is 1.05 bits per heavy atom. The van der Waals surface area contributed by atoms with Gasteiger partial charge in [-0.25, -0.2) is 9.59 Å². The van der Waals surface area contributed by atoms with Gasteiger partial charge in [-0.2, -0.15) is 0 Å². The van der Waals surface area contributed by atoms with Gasteiger partial charge in [-0.05, 0) is 68.9 Å². The fraction of sp³-hybridized carbons (Fsp3) is 0.667. The van der Waals surface area contributed by atoms with Crippen LogP contribution in [0.4, 0.5) is 4.79 Å². The van der Waals surface area contributed by atoms with Crippen molar-refractivity contribution in [3.05, 3.63) is 34.9 Å². The molecular weight excluding hydrogens is 512 g/mol. The van der Waals surface area contributed by atoms with E-state index in [2.05, 4.69) is 26.1 Å². The van der Waals surface area contributed by atoms with Gasteiger partial charge in [-0.15, -0.1) is 0 Å². The second-order valence-corrected chi connectivity index (χ2v) is 17.6. The largest absolute Gasteiger partial charge is 0.480 e. The lowest BCUT2D eigenvalue weighted by atomic mass is 9.99. The Hall–Kier alpha value is -2.10. The molecule has 0 aliphatic carbocycles. The number of nitrogens with one attached hydrogen (secondary N) is 1. The van der Waals surface area contributed by atoms with E-state index in [0.29, 0.717) is 17.0 Å². The number of rotatable bonds is 10. The number of ether oxygens (including phenoxy) is 1. The molecule has 0 bridgehead atoms. The zero-order valence-electron chi connectivity index (χ0n) is 24.1. The molecule has 0 unspecified atom stereocenters. The third-order valence-electron chi connectivity index (χ3n) is 6.44. The molecule has 2 N–H and O–H groups in total. The van der Waals surface area contributed by atoms with Crippen molar-refractivity contribution in [2.45, 2.75) is 104 Å². The van der Waals surface area contributed by atoms with E-state index in [1.807, 2.05) is 26.9 Å². The van der Waals surface area contributed by atoms with E-state index in [1.54, 1.807) is 45.0 Å². The monoisotopic (exact) mass is 556 g/mol. The van der Waals surface area contributed by atoms with Crippen LogP contribution in [0.5, 0.6) is 0 Å². The van der Waals surface area contributed by atoms with Crippen LogP contribution in [0, 0.1) is 5.92 Å². The molecule has 2 amide bonds. The van der Waals surface area contributed by atoms with E-state index >= 15 is 0 Å². The first-order valence-electron chi connectivity index (χ1n) is 12.6. The van der Waals surface area contributed by atoms with Gasteiger partial charge in [0.1, 0.15) is 17.7 Å². The highest BCUT2D eigenvalue weighted by molar-refractivity contribution is 6.74. The number of benzene rings is 1. The molecule has 0 heterocycles. The van der Waals surface area contributed by atoms with Gasteiger partial charge in [0.15, 0.2) is 14.4 Å². The van der Waals surface area contributed by atoms with E-state index in [4.69, 9.17) is 20.8 Å². The van der Waals surface area contributed by atoms with E-state index in [9.17, 15) is 19.5 Å². The second kappa shape index (κ2) is 12.6. The average Bonchev–Trinajstić information content (AvgIpc) is 2.72. The summed E-state index contributed by atoms with van der Waals surface area (Å²) < 4.78 is 12.0. The number of carbonyl (C=O) groups excluding carboxylic acids is 2. The van der Waals surface area contributed by atoms with Gasteiger partial charge >= 0.3 is 12.1 Å². The zero-order chi connectivity index (χ0) is 28.9. The van der Waals surface area contributed by atoms with Gasteiger partial charge in [-0.3, -0.25) is 9.69 Å². The Balaban J connectivity index is 3.44. The summed E-state index contributed by atoms with van der Waals surface area (Å²) in [6.07, 6.45) is -1.30. The SMILES string of the molecule is CC(C)C[C@H](C(=O)N[C@@H](C(=O)O)[C@H](O[Si](C)(C)C(C)(C)C)c1ccc(Cl)cc1)N(C)C(=O)OC(C)(C)C. The van der Waals surface area contributed by atoms with Gasteiger partial charge in [0.05, 0.1) is 0 Å². The third kappa shape index (κ3) is 9.94. The van der Waals surface area contributed by atoms with Crippen LogP contribution in [0.1, 0.15) is 73.5 Å². The summed E-state index contributed by atoms with van der Waals surface area (Å²) in [6, 6.07) is 4.41. The Bertz CT molecular complexity index is 938. The van der Waals surface area contributed by atoms with Crippen LogP contribution in [0.2, 0.25) is 23.2 Å². The van der Waals surface area contributed by atoms with Crippen LogP contribution in [0.15, 0.2) is 24.3 Å². The topological polar surface area (TPSA) is 105 Å². The normalized spacial score (nSPS) is 15.1. The minimum absolute atomic E-state index is 0.0551. The van der Waals surface area contributed by atoms with Crippen LogP contribution < -0.4 is 5.32 Å². The molecule has 3 atom stereocenters. The first-order chi connectivity index (χ1) is 16.7. The van der Waals surface area contributed by atoms with Crippen molar-refractivity contribution in [3.63, 3.8) is 0 Å². The maximum absolute atomic E-state index is 13.6. The molecule has 1 aromatic carbocycles. The van der Waals surface area contributed by atoms with E-state index in [-0.39, 0.29) is 11.0 Å². The predicted octanol–water partition coefficient (Wildman–Crippen LogP) is 6.25. The molecule has 0 radical (unpaired) electrons. The average molecular weight is 557 g/mol. The van der Waals surface area contributed by atoms with Crippen LogP contribution in [-0.4, -0.2) is 61.0 Å². The summed E-state index contributed by atoms with van der Waals surface area (Å²) in [5.74, 6) is -1.78. The lowest BCUT2D eigenvalue weighted by molar-refractivity contribution is -0.145. The Morgan fingerprint density at radius 2 is 1.57 bits per heavy atom. The summed E-state index contributed by atoms with van der Waals surface area (Å²) in [5.41, 5.74) is -0.160. The van der Waals surface area contributed by atoms with Crippen LogP contribution >= 0.6 is 11.6 Å². The highest BCUT2D eigenvalue weighted by atomic mass is 35.5. The Morgan fingerprint density at radius 3 is 1.97 bits per heavy atom. The van der Waals surface area contributed by atoms with Crippen LogP contribution in [0.3, 0.4) is 0 Å². The molecule has 0 saturated carbocycles. The number of halogens is 1. The van der Waals surface area contributed by atoms with Crippen molar-refractivity contribution in [2.24, 2.45) is 5.92 Å². The van der Waals surface area contributed by atoms with E-state index < -0.39 is 50.1 Å². The number of hydrogen-bond donors (Lipinski definition) is 2. The van der Waals surface area contributed by atoms with Crippen molar-refractivity contribution in [3.8, 4) is 0 Å². The number of carbonyl (C=O) groups is 3. The summed E-state index contributed by atoms with van der Waals surface area (Å²) in [6.45, 7) is 19.3. The molecule has 10 heteroatoms. The minimum atomic E-state index is -2.48. The lowest BCUT2D eigenvalue weighted by Gasteiger charge is -2.41. The quantitative estimate of drug-likeness (QED) is 0.330. The van der Waals surface area contributed by atoms with Crippen molar-refractivity contribution in [1.29, 1.82) is 0 Å². The van der Waals surface area contributed by atoms with Crippen molar-refractivity contribution in [2.75, 3.05) is 7.05 Å². The number of amides is 2. The lowest BCUT2D eigenvalue weighted by Crippen LogP contribution is -2.56. The fourth-order valence-corrected chi connectivity index (χ4v) is 4.73. The van der Waals surface area contributed by atoms with E-state index in [0.717, 1.165) is 0 Å². The highest BCUT2D eigenvalue weighted by Crippen LogP contribution is 2.41. The molecule has 8 nitrogen and oxygen atoms in total. The Labute approximate surface area is 228 Å². The van der Waals surface area contributed by atoms with Crippen molar-refractivity contribution < 1.29 is 28.7 Å². The smallest absolute Gasteiger partial charge is 0.410 e. The van der Waals surface area contributed by atoms with Gasteiger partial charge in [-0.1, -0.05) is 58.4 Å². The number of aliphatic carboxylic acids is 1. The van der Waals surface area contributed by atoms with Crippen LogP contribution in [0.25, 0.3) is 0 Å². The molecule has 1 aromatic rings. The van der Waals surface area contributed by atoms with Gasteiger partial charge in [0.25, 0.3) is 0 Å². The number of nitrogens with zero attached hydrogens (tertiary/aromatic N) is 1. The predicted molar refractivity (Wildman–Crippen MR) is 149 cm³/mol. The standard InChI is InChI=1S/C27H45ClN2O6Si/c1-17(2)16-20(30(9)25(34)35-26(3,4)5)23(31)29-21(24(32)33)22(18-12-14-19(28)15-13-18)36-37(10,11)27(6,7)8/h12-15,17,20-22H,16H2,1-11H3,(H,29,31)(H,32,33)/t20-,21-,22-/m1/s1. The molecule has 1 rings (SSSR count). The molecule has 0 spiro atoms. The fourth-order valence-electron chi connectivity index (χ4n) is 3.34. The first kappa shape index (κ1) is 32.9. The molecule has 0 fully saturated rings. The maximum atomic E-state index is 13.6. The van der Waals surface area contributed by atoms with Crippen molar-refractivity contribution >= 4 is 37.9 Å². The van der Waals surface area contributed by atoms with Gasteiger partial charge in [0.2, 0.25) is 5.91 Å².